The van der Waals surface area contributed by atoms with Gasteiger partial charge in [-0.1, -0.05) is 30.8 Å². The number of nitrogens with zero attached hydrogens (tertiary/aromatic N) is 2. The van der Waals surface area contributed by atoms with Gasteiger partial charge in [-0.2, -0.15) is 17.4 Å². The Morgan fingerprint density at radius 3 is 2.15 bits per heavy atom. The van der Waals surface area contributed by atoms with Crippen LogP contribution in [0.4, 0.5) is 0 Å². The zero-order valence-electron chi connectivity index (χ0n) is 11.7. The third-order valence-corrected chi connectivity index (χ3v) is 5.98. The van der Waals surface area contributed by atoms with E-state index in [-0.39, 0.29) is 5.84 Å². The van der Waals surface area contributed by atoms with E-state index < -0.39 is 15.7 Å². The second-order valence-electron chi connectivity index (χ2n) is 5.69. The van der Waals surface area contributed by atoms with Gasteiger partial charge in [0.15, 0.2) is 5.84 Å². The van der Waals surface area contributed by atoms with Crippen LogP contribution in [0.3, 0.4) is 0 Å². The Balaban J connectivity index is 2.23. The predicted octanol–water partition coefficient (Wildman–Crippen LogP) is 0.756. The molecule has 20 heavy (non-hydrogen) atoms. The molecule has 0 radical (unpaired) electrons. The topological polar surface area (TPSA) is 108 Å². The van der Waals surface area contributed by atoms with Gasteiger partial charge in [-0.25, -0.2) is 0 Å². The molecule has 0 spiro atoms. The van der Waals surface area contributed by atoms with E-state index in [0.717, 1.165) is 38.5 Å². The van der Waals surface area contributed by atoms with E-state index in [9.17, 15) is 8.42 Å². The Hall–Kier alpha value is -0.860. The molecule has 0 unspecified atom stereocenters. The smallest absolute Gasteiger partial charge is 0.280 e. The zero-order chi connectivity index (χ0) is 14.6. The maximum atomic E-state index is 12.5. The fraction of sp³-hybridized carbons (Fsp3) is 0.917. The normalized spacial score (nSPS) is 25.5. The summed E-state index contributed by atoms with van der Waals surface area (Å²) in [4.78, 5) is 0. The highest BCUT2D eigenvalue weighted by atomic mass is 32.2. The Morgan fingerprint density at radius 1 is 1.10 bits per heavy atom. The van der Waals surface area contributed by atoms with Crippen molar-refractivity contribution in [1.82, 2.24) is 9.03 Å². The SMILES string of the molecule is N/C(=N/O)C1(NS(=O)(=O)N2CCCC2)CCCCCC1. The first-order valence-electron chi connectivity index (χ1n) is 7.27. The van der Waals surface area contributed by atoms with Crippen molar-refractivity contribution in [2.75, 3.05) is 13.1 Å². The van der Waals surface area contributed by atoms with Gasteiger partial charge in [0.2, 0.25) is 0 Å². The van der Waals surface area contributed by atoms with Gasteiger partial charge >= 0.3 is 0 Å². The molecule has 1 saturated carbocycles. The molecule has 0 aromatic heterocycles. The van der Waals surface area contributed by atoms with Crippen LogP contribution in [0.25, 0.3) is 0 Å². The van der Waals surface area contributed by atoms with E-state index in [4.69, 9.17) is 10.9 Å². The Morgan fingerprint density at radius 2 is 1.65 bits per heavy atom. The van der Waals surface area contributed by atoms with Crippen molar-refractivity contribution in [1.29, 1.82) is 0 Å². The average molecular weight is 304 g/mol. The third-order valence-electron chi connectivity index (χ3n) is 4.28. The number of nitrogens with one attached hydrogen (secondary N) is 1. The largest absolute Gasteiger partial charge is 0.409 e. The number of rotatable bonds is 4. The van der Waals surface area contributed by atoms with Crippen molar-refractivity contribution in [3.63, 3.8) is 0 Å². The van der Waals surface area contributed by atoms with Gasteiger partial charge < -0.3 is 10.9 Å². The molecule has 1 heterocycles. The average Bonchev–Trinajstić information content (AvgIpc) is 2.87. The summed E-state index contributed by atoms with van der Waals surface area (Å²) in [5, 5.41) is 12.1. The lowest BCUT2D eigenvalue weighted by atomic mass is 9.90. The Labute approximate surface area is 120 Å². The van der Waals surface area contributed by atoms with E-state index in [1.165, 1.54) is 4.31 Å². The van der Waals surface area contributed by atoms with Crippen LogP contribution >= 0.6 is 0 Å². The maximum Gasteiger partial charge on any atom is 0.280 e. The molecule has 1 aliphatic carbocycles. The molecule has 2 rings (SSSR count). The molecule has 116 valence electrons. The summed E-state index contributed by atoms with van der Waals surface area (Å²) in [5.74, 6) is -0.0258. The number of amidine groups is 1. The molecule has 0 amide bonds. The van der Waals surface area contributed by atoms with Gasteiger partial charge in [0.25, 0.3) is 10.2 Å². The van der Waals surface area contributed by atoms with Crippen molar-refractivity contribution in [2.45, 2.75) is 56.9 Å². The number of hydrogen-bond donors (Lipinski definition) is 3. The second kappa shape index (κ2) is 6.28. The molecule has 0 atom stereocenters. The summed E-state index contributed by atoms with van der Waals surface area (Å²) >= 11 is 0. The van der Waals surface area contributed by atoms with Crippen LogP contribution in [0.2, 0.25) is 0 Å². The fourth-order valence-electron chi connectivity index (χ4n) is 3.08. The molecule has 8 heteroatoms. The lowest BCUT2D eigenvalue weighted by Crippen LogP contribution is -2.59. The summed E-state index contributed by atoms with van der Waals surface area (Å²) in [7, 11) is -3.58. The highest BCUT2D eigenvalue weighted by Crippen LogP contribution is 2.29. The van der Waals surface area contributed by atoms with E-state index >= 15 is 0 Å². The van der Waals surface area contributed by atoms with Crippen molar-refractivity contribution in [2.24, 2.45) is 10.9 Å². The molecular weight excluding hydrogens is 280 g/mol. The second-order valence-corrected chi connectivity index (χ2v) is 7.37. The summed E-state index contributed by atoms with van der Waals surface area (Å²) in [5.41, 5.74) is 4.87. The van der Waals surface area contributed by atoms with E-state index in [1.54, 1.807) is 0 Å². The van der Waals surface area contributed by atoms with Crippen LogP contribution < -0.4 is 10.5 Å². The highest BCUT2D eigenvalue weighted by Gasteiger charge is 2.41. The molecule has 4 N–H and O–H groups in total. The predicted molar refractivity (Wildman–Crippen MR) is 76.7 cm³/mol. The van der Waals surface area contributed by atoms with Crippen LogP contribution in [0.1, 0.15) is 51.4 Å². The van der Waals surface area contributed by atoms with Crippen LogP contribution in [-0.4, -0.2) is 42.4 Å². The standard InChI is InChI=1S/C12H24N4O3S/c13-11(14-17)12(7-3-1-2-4-8-12)15-20(18,19)16-9-5-6-10-16/h15,17H,1-10H2,(H2,13,14). The third kappa shape index (κ3) is 3.24. The van der Waals surface area contributed by atoms with Crippen molar-refractivity contribution >= 4 is 16.0 Å². The summed E-state index contributed by atoms with van der Waals surface area (Å²) in [6, 6.07) is 0. The van der Waals surface area contributed by atoms with Gasteiger partial charge in [0.1, 0.15) is 0 Å². The molecule has 2 fully saturated rings. The quantitative estimate of drug-likeness (QED) is 0.234. The number of oxime groups is 1. The first-order valence-corrected chi connectivity index (χ1v) is 8.71. The van der Waals surface area contributed by atoms with Crippen LogP contribution in [0, 0.1) is 0 Å². The molecule has 1 aliphatic heterocycles. The molecule has 0 aromatic carbocycles. The van der Waals surface area contributed by atoms with Gasteiger partial charge in [-0.3, -0.25) is 0 Å². The molecule has 7 nitrogen and oxygen atoms in total. The molecule has 0 aromatic rings. The molecule has 0 bridgehead atoms. The van der Waals surface area contributed by atoms with Gasteiger partial charge in [0.05, 0.1) is 5.54 Å². The molecule has 2 aliphatic rings. The minimum absolute atomic E-state index is 0.0258. The van der Waals surface area contributed by atoms with E-state index in [1.807, 2.05) is 0 Å². The van der Waals surface area contributed by atoms with Gasteiger partial charge in [-0.05, 0) is 25.7 Å². The summed E-state index contributed by atoms with van der Waals surface area (Å²) < 4.78 is 29.1. The monoisotopic (exact) mass is 304 g/mol. The van der Waals surface area contributed by atoms with E-state index in [0.29, 0.717) is 25.9 Å². The minimum atomic E-state index is -3.58. The fourth-order valence-corrected chi connectivity index (χ4v) is 4.75. The van der Waals surface area contributed by atoms with Gasteiger partial charge in [0, 0.05) is 13.1 Å². The van der Waals surface area contributed by atoms with Crippen molar-refractivity contribution in [3.05, 3.63) is 0 Å². The lowest BCUT2D eigenvalue weighted by Gasteiger charge is -2.33. The molecular formula is C12H24N4O3S. The van der Waals surface area contributed by atoms with E-state index in [2.05, 4.69) is 9.88 Å². The maximum absolute atomic E-state index is 12.5. The van der Waals surface area contributed by atoms with Crippen LogP contribution in [0.15, 0.2) is 5.16 Å². The highest BCUT2D eigenvalue weighted by molar-refractivity contribution is 7.87. The summed E-state index contributed by atoms with van der Waals surface area (Å²) in [6.45, 7) is 1.09. The first kappa shape index (κ1) is 15.5. The number of hydrogen-bond acceptors (Lipinski definition) is 4. The van der Waals surface area contributed by atoms with Crippen LogP contribution in [0.5, 0.6) is 0 Å². The van der Waals surface area contributed by atoms with Crippen molar-refractivity contribution < 1.29 is 13.6 Å². The van der Waals surface area contributed by atoms with Crippen molar-refractivity contribution in [3.8, 4) is 0 Å². The lowest BCUT2D eigenvalue weighted by molar-refractivity contribution is 0.304. The van der Waals surface area contributed by atoms with Crippen LogP contribution in [-0.2, 0) is 10.2 Å². The number of nitrogens with two attached hydrogens (primary N) is 1. The van der Waals surface area contributed by atoms with Gasteiger partial charge in [-0.15, -0.1) is 0 Å². The first-order chi connectivity index (χ1) is 9.50. The Kier molecular flexibility index (Phi) is 4.87. The zero-order valence-corrected chi connectivity index (χ0v) is 12.5. The minimum Gasteiger partial charge on any atom is -0.409 e. The molecule has 1 saturated heterocycles. The Bertz CT molecular complexity index is 449. The summed E-state index contributed by atoms with van der Waals surface area (Å²) in [6.07, 6.45) is 6.77.